The Hall–Kier alpha value is -0.0800. The second-order valence-corrected chi connectivity index (χ2v) is 4.14. The van der Waals surface area contributed by atoms with Crippen LogP contribution in [0.5, 0.6) is 0 Å². The van der Waals surface area contributed by atoms with Crippen LogP contribution in [0.1, 0.15) is 33.6 Å². The van der Waals surface area contributed by atoms with Crippen molar-refractivity contribution in [1.29, 1.82) is 0 Å². The zero-order valence-corrected chi connectivity index (χ0v) is 9.93. The van der Waals surface area contributed by atoms with Crippen LogP contribution in [-0.4, -0.2) is 38.1 Å². The lowest BCUT2D eigenvalue weighted by Crippen LogP contribution is -2.37. The lowest BCUT2D eigenvalue weighted by atomic mass is 9.96. The minimum absolute atomic E-state index is 0.692. The molecule has 0 aromatic rings. The van der Waals surface area contributed by atoms with Gasteiger partial charge in [-0.2, -0.15) is 0 Å². The van der Waals surface area contributed by atoms with E-state index in [1.54, 1.807) is 0 Å². The Morgan fingerprint density at radius 3 is 2.23 bits per heavy atom. The van der Waals surface area contributed by atoms with E-state index in [0.717, 1.165) is 12.5 Å². The molecule has 0 fully saturated rings. The fraction of sp³-hybridized carbons (Fsp3) is 1.00. The second-order valence-electron chi connectivity index (χ2n) is 4.14. The Morgan fingerprint density at radius 2 is 1.85 bits per heavy atom. The van der Waals surface area contributed by atoms with Crippen LogP contribution in [0.15, 0.2) is 0 Å². The Bertz CT molecular complexity index is 113. The number of hydrogen-bond acceptors (Lipinski definition) is 2. The summed E-state index contributed by atoms with van der Waals surface area (Å²) in [6.07, 6.45) is 2.53. The van der Waals surface area contributed by atoms with Crippen LogP contribution in [-0.2, 0) is 0 Å². The molecule has 0 aromatic heterocycles. The quantitative estimate of drug-likeness (QED) is 0.654. The van der Waals surface area contributed by atoms with Gasteiger partial charge in [0, 0.05) is 6.04 Å². The van der Waals surface area contributed by atoms with Crippen LogP contribution in [0.4, 0.5) is 0 Å². The van der Waals surface area contributed by atoms with Crippen LogP contribution in [0.3, 0.4) is 0 Å². The standard InChI is InChI=1S/C11H26N2/c1-6-10(3)11(12-7-2)8-9-13(4)5/h10-12H,6-9H2,1-5H3. The lowest BCUT2D eigenvalue weighted by Gasteiger charge is -2.25. The Morgan fingerprint density at radius 1 is 1.23 bits per heavy atom. The molecule has 0 saturated heterocycles. The topological polar surface area (TPSA) is 15.3 Å². The summed E-state index contributed by atoms with van der Waals surface area (Å²) < 4.78 is 0. The number of nitrogens with zero attached hydrogens (tertiary/aromatic N) is 1. The molecule has 2 unspecified atom stereocenters. The summed E-state index contributed by atoms with van der Waals surface area (Å²) in [5, 5.41) is 3.56. The molecule has 0 heterocycles. The normalized spacial score (nSPS) is 16.2. The van der Waals surface area contributed by atoms with Crippen LogP contribution >= 0.6 is 0 Å². The first-order valence-corrected chi connectivity index (χ1v) is 5.49. The lowest BCUT2D eigenvalue weighted by molar-refractivity contribution is 0.303. The third-order valence-electron chi connectivity index (χ3n) is 2.68. The maximum Gasteiger partial charge on any atom is 0.0105 e. The van der Waals surface area contributed by atoms with Gasteiger partial charge in [-0.3, -0.25) is 0 Å². The van der Waals surface area contributed by atoms with E-state index in [-0.39, 0.29) is 0 Å². The summed E-state index contributed by atoms with van der Waals surface area (Å²) in [4.78, 5) is 2.26. The SMILES string of the molecule is CCNC(CCN(C)C)C(C)CC. The van der Waals surface area contributed by atoms with Crippen molar-refractivity contribution in [2.75, 3.05) is 27.2 Å². The van der Waals surface area contributed by atoms with Gasteiger partial charge < -0.3 is 10.2 Å². The summed E-state index contributed by atoms with van der Waals surface area (Å²) in [6, 6.07) is 0.692. The number of nitrogens with one attached hydrogen (secondary N) is 1. The summed E-state index contributed by atoms with van der Waals surface area (Å²) in [5.41, 5.74) is 0. The van der Waals surface area contributed by atoms with E-state index in [2.05, 4.69) is 45.1 Å². The Balaban J connectivity index is 3.79. The molecule has 0 aliphatic heterocycles. The van der Waals surface area contributed by atoms with Crippen LogP contribution < -0.4 is 5.32 Å². The van der Waals surface area contributed by atoms with Crippen molar-refractivity contribution in [3.63, 3.8) is 0 Å². The first-order valence-electron chi connectivity index (χ1n) is 5.49. The van der Waals surface area contributed by atoms with Crippen molar-refractivity contribution in [3.8, 4) is 0 Å². The van der Waals surface area contributed by atoms with Gasteiger partial charge in [-0.1, -0.05) is 27.2 Å². The predicted molar refractivity (Wildman–Crippen MR) is 60.1 cm³/mol. The Kier molecular flexibility index (Phi) is 7.29. The molecule has 0 rings (SSSR count). The van der Waals surface area contributed by atoms with Gasteiger partial charge in [-0.05, 0) is 39.5 Å². The summed E-state index contributed by atoms with van der Waals surface area (Å²) in [6.45, 7) is 9.06. The molecule has 0 aliphatic carbocycles. The van der Waals surface area contributed by atoms with Crippen molar-refractivity contribution in [1.82, 2.24) is 10.2 Å². The van der Waals surface area contributed by atoms with Crippen LogP contribution in [0, 0.1) is 5.92 Å². The van der Waals surface area contributed by atoms with E-state index in [9.17, 15) is 0 Å². The molecule has 0 aromatic carbocycles. The molecule has 0 aliphatic rings. The number of rotatable bonds is 7. The van der Waals surface area contributed by atoms with E-state index >= 15 is 0 Å². The molecule has 2 heteroatoms. The average Bonchev–Trinajstić information content (AvgIpc) is 2.10. The minimum Gasteiger partial charge on any atom is -0.314 e. The minimum atomic E-state index is 0.692. The summed E-state index contributed by atoms with van der Waals surface area (Å²) in [5.74, 6) is 0.792. The fourth-order valence-corrected chi connectivity index (χ4v) is 1.53. The third kappa shape index (κ3) is 6.05. The van der Waals surface area contributed by atoms with Gasteiger partial charge in [0.1, 0.15) is 0 Å². The summed E-state index contributed by atoms with van der Waals surface area (Å²) >= 11 is 0. The highest BCUT2D eigenvalue weighted by molar-refractivity contribution is 4.72. The van der Waals surface area contributed by atoms with Gasteiger partial charge in [0.05, 0.1) is 0 Å². The molecule has 2 nitrogen and oxygen atoms in total. The van der Waals surface area contributed by atoms with Gasteiger partial charge in [0.2, 0.25) is 0 Å². The molecular formula is C11H26N2. The highest BCUT2D eigenvalue weighted by Crippen LogP contribution is 2.10. The molecule has 0 saturated carbocycles. The molecule has 2 atom stereocenters. The van der Waals surface area contributed by atoms with Crippen LogP contribution in [0.25, 0.3) is 0 Å². The van der Waals surface area contributed by atoms with Gasteiger partial charge in [0.25, 0.3) is 0 Å². The smallest absolute Gasteiger partial charge is 0.0105 e. The Labute approximate surface area is 83.7 Å². The van der Waals surface area contributed by atoms with E-state index in [1.165, 1.54) is 19.4 Å². The zero-order chi connectivity index (χ0) is 10.3. The van der Waals surface area contributed by atoms with Gasteiger partial charge >= 0.3 is 0 Å². The molecule has 13 heavy (non-hydrogen) atoms. The largest absolute Gasteiger partial charge is 0.314 e. The molecule has 0 spiro atoms. The van der Waals surface area contributed by atoms with Gasteiger partial charge in [0.15, 0.2) is 0 Å². The monoisotopic (exact) mass is 186 g/mol. The maximum absolute atomic E-state index is 3.56. The van der Waals surface area contributed by atoms with Crippen molar-refractivity contribution >= 4 is 0 Å². The average molecular weight is 186 g/mol. The van der Waals surface area contributed by atoms with Crippen molar-refractivity contribution < 1.29 is 0 Å². The van der Waals surface area contributed by atoms with Crippen molar-refractivity contribution in [2.24, 2.45) is 5.92 Å². The molecule has 0 amide bonds. The van der Waals surface area contributed by atoms with Gasteiger partial charge in [-0.25, -0.2) is 0 Å². The van der Waals surface area contributed by atoms with Crippen molar-refractivity contribution in [3.05, 3.63) is 0 Å². The van der Waals surface area contributed by atoms with E-state index in [0.29, 0.717) is 6.04 Å². The summed E-state index contributed by atoms with van der Waals surface area (Å²) in [7, 11) is 4.28. The molecule has 80 valence electrons. The maximum atomic E-state index is 3.56. The zero-order valence-electron chi connectivity index (χ0n) is 9.93. The van der Waals surface area contributed by atoms with Gasteiger partial charge in [-0.15, -0.1) is 0 Å². The first kappa shape index (κ1) is 12.9. The van der Waals surface area contributed by atoms with E-state index in [1.807, 2.05) is 0 Å². The second kappa shape index (κ2) is 7.34. The third-order valence-corrected chi connectivity index (χ3v) is 2.68. The highest BCUT2D eigenvalue weighted by atomic mass is 15.1. The van der Waals surface area contributed by atoms with E-state index < -0.39 is 0 Å². The molecule has 0 radical (unpaired) electrons. The fourth-order valence-electron chi connectivity index (χ4n) is 1.53. The first-order chi connectivity index (χ1) is 6.11. The molecular weight excluding hydrogens is 160 g/mol. The van der Waals surface area contributed by atoms with E-state index in [4.69, 9.17) is 0 Å². The van der Waals surface area contributed by atoms with Crippen molar-refractivity contribution in [2.45, 2.75) is 39.7 Å². The molecule has 0 bridgehead atoms. The predicted octanol–water partition coefficient (Wildman–Crippen LogP) is 1.96. The number of hydrogen-bond donors (Lipinski definition) is 1. The molecule has 1 N–H and O–H groups in total. The van der Waals surface area contributed by atoms with Crippen LogP contribution in [0.2, 0.25) is 0 Å². The highest BCUT2D eigenvalue weighted by Gasteiger charge is 2.13.